The molecule has 0 aromatic carbocycles. The van der Waals surface area contributed by atoms with Crippen molar-refractivity contribution in [1.29, 1.82) is 0 Å². The summed E-state index contributed by atoms with van der Waals surface area (Å²) in [5.41, 5.74) is 0. The van der Waals surface area contributed by atoms with Gasteiger partial charge in [-0.1, -0.05) is 13.8 Å². The van der Waals surface area contributed by atoms with Crippen molar-refractivity contribution in [3.63, 3.8) is 0 Å². The van der Waals surface area contributed by atoms with Gasteiger partial charge in [0, 0.05) is 20.1 Å². The molecule has 0 aliphatic carbocycles. The maximum absolute atomic E-state index is 11.5. The summed E-state index contributed by atoms with van der Waals surface area (Å²) >= 11 is 0. The van der Waals surface area contributed by atoms with E-state index in [2.05, 4.69) is 9.05 Å². The van der Waals surface area contributed by atoms with Crippen LogP contribution in [0.5, 0.6) is 0 Å². The van der Waals surface area contributed by atoms with E-state index < -0.39 is 7.60 Å². The van der Waals surface area contributed by atoms with E-state index in [0.717, 1.165) is 6.42 Å². The lowest BCUT2D eigenvalue weighted by Gasteiger charge is -2.14. The van der Waals surface area contributed by atoms with Gasteiger partial charge in [0.15, 0.2) is 0 Å². The second-order valence-electron chi connectivity index (χ2n) is 2.91. The van der Waals surface area contributed by atoms with Crippen molar-refractivity contribution in [3.05, 3.63) is 0 Å². The summed E-state index contributed by atoms with van der Waals surface area (Å²) in [5, 5.41) is 0. The average Bonchev–Trinajstić information content (AvgIpc) is 2.16. The fourth-order valence-electron chi connectivity index (χ4n) is 0.778. The van der Waals surface area contributed by atoms with Crippen LogP contribution in [0.4, 0.5) is 0 Å². The standard InChI is InChI=1S/C8H17O4P/c1-5-7(2)8(9)6-13(10,11-3)12-4/h7H,5-6H2,1-4H3. The third-order valence-electron chi connectivity index (χ3n) is 2.07. The highest BCUT2D eigenvalue weighted by atomic mass is 31.2. The summed E-state index contributed by atoms with van der Waals surface area (Å²) in [6, 6.07) is 0. The Bertz CT molecular complexity index is 206. The average molecular weight is 208 g/mol. The van der Waals surface area contributed by atoms with E-state index in [1.54, 1.807) is 6.92 Å². The molecule has 0 heterocycles. The van der Waals surface area contributed by atoms with E-state index in [9.17, 15) is 9.36 Å². The van der Waals surface area contributed by atoms with Gasteiger partial charge >= 0.3 is 7.60 Å². The second-order valence-corrected chi connectivity index (χ2v) is 5.18. The number of ketones is 1. The Morgan fingerprint density at radius 3 is 2.15 bits per heavy atom. The van der Waals surface area contributed by atoms with Crippen molar-refractivity contribution in [3.8, 4) is 0 Å². The lowest BCUT2D eigenvalue weighted by Crippen LogP contribution is -2.15. The van der Waals surface area contributed by atoms with Crippen LogP contribution in [0, 0.1) is 5.92 Å². The number of rotatable bonds is 6. The van der Waals surface area contributed by atoms with Crippen LogP contribution >= 0.6 is 7.60 Å². The number of carbonyl (C=O) groups is 1. The molecule has 78 valence electrons. The van der Waals surface area contributed by atoms with Gasteiger partial charge < -0.3 is 9.05 Å². The summed E-state index contributed by atoms with van der Waals surface area (Å²) < 4.78 is 20.8. The molecule has 0 aliphatic heterocycles. The molecule has 0 spiro atoms. The molecule has 13 heavy (non-hydrogen) atoms. The summed E-state index contributed by atoms with van der Waals surface area (Å²) in [7, 11) is -0.582. The van der Waals surface area contributed by atoms with Crippen molar-refractivity contribution in [2.45, 2.75) is 20.3 Å². The molecule has 0 aromatic heterocycles. The number of carbonyl (C=O) groups excluding carboxylic acids is 1. The van der Waals surface area contributed by atoms with Gasteiger partial charge in [-0.15, -0.1) is 0 Å². The van der Waals surface area contributed by atoms with Crippen LogP contribution in [0.2, 0.25) is 0 Å². The van der Waals surface area contributed by atoms with Crippen molar-refractivity contribution in [2.24, 2.45) is 5.92 Å². The highest BCUT2D eigenvalue weighted by Crippen LogP contribution is 2.46. The zero-order chi connectivity index (χ0) is 10.5. The van der Waals surface area contributed by atoms with E-state index >= 15 is 0 Å². The highest BCUT2D eigenvalue weighted by molar-refractivity contribution is 7.54. The third kappa shape index (κ3) is 4.03. The van der Waals surface area contributed by atoms with Gasteiger partial charge in [0.1, 0.15) is 11.9 Å². The fraction of sp³-hybridized carbons (Fsp3) is 0.875. The van der Waals surface area contributed by atoms with Crippen LogP contribution in [-0.4, -0.2) is 26.2 Å². The molecule has 4 nitrogen and oxygen atoms in total. The molecule has 0 aromatic rings. The lowest BCUT2D eigenvalue weighted by atomic mass is 10.1. The minimum Gasteiger partial charge on any atom is -0.312 e. The Labute approximate surface area is 79.1 Å². The third-order valence-corrected chi connectivity index (χ3v) is 3.88. The largest absolute Gasteiger partial charge is 0.337 e. The van der Waals surface area contributed by atoms with E-state index in [-0.39, 0.29) is 17.9 Å². The smallest absolute Gasteiger partial charge is 0.312 e. The Hall–Kier alpha value is -0.180. The molecule has 0 saturated carbocycles. The van der Waals surface area contributed by atoms with E-state index in [0.29, 0.717) is 0 Å². The molecular weight excluding hydrogens is 191 g/mol. The number of Topliss-reactive ketones (excluding diaryl/α,β-unsaturated/α-hetero) is 1. The van der Waals surface area contributed by atoms with Gasteiger partial charge in [0.05, 0.1) is 0 Å². The van der Waals surface area contributed by atoms with Crippen molar-refractivity contribution >= 4 is 13.4 Å². The zero-order valence-corrected chi connectivity index (χ0v) is 9.47. The molecule has 1 unspecified atom stereocenters. The molecule has 0 fully saturated rings. The van der Waals surface area contributed by atoms with E-state index in [1.165, 1.54) is 14.2 Å². The minimum atomic E-state index is -3.15. The Kier molecular flexibility index (Phi) is 5.45. The van der Waals surface area contributed by atoms with Crippen LogP contribution < -0.4 is 0 Å². The van der Waals surface area contributed by atoms with Crippen molar-refractivity contribution in [1.82, 2.24) is 0 Å². The van der Waals surface area contributed by atoms with Crippen LogP contribution in [-0.2, 0) is 18.4 Å². The topological polar surface area (TPSA) is 52.6 Å². The van der Waals surface area contributed by atoms with Crippen LogP contribution in [0.3, 0.4) is 0 Å². The molecule has 0 amide bonds. The molecule has 0 rings (SSSR count). The van der Waals surface area contributed by atoms with Gasteiger partial charge in [-0.3, -0.25) is 9.36 Å². The Morgan fingerprint density at radius 2 is 1.85 bits per heavy atom. The Morgan fingerprint density at radius 1 is 1.38 bits per heavy atom. The van der Waals surface area contributed by atoms with Gasteiger partial charge in [0.2, 0.25) is 0 Å². The van der Waals surface area contributed by atoms with E-state index in [1.807, 2.05) is 6.92 Å². The Balaban J connectivity index is 4.26. The SMILES string of the molecule is CCC(C)C(=O)CP(=O)(OC)OC. The number of hydrogen-bond donors (Lipinski definition) is 0. The summed E-state index contributed by atoms with van der Waals surface area (Å²) in [6.07, 6.45) is 0.612. The first-order valence-electron chi connectivity index (χ1n) is 4.22. The van der Waals surface area contributed by atoms with Crippen molar-refractivity contribution < 1.29 is 18.4 Å². The fourth-order valence-corrected chi connectivity index (χ4v) is 1.88. The maximum Gasteiger partial charge on any atom is 0.337 e. The predicted molar refractivity (Wildman–Crippen MR) is 51.0 cm³/mol. The monoisotopic (exact) mass is 208 g/mol. The van der Waals surface area contributed by atoms with Crippen LogP contribution in [0.25, 0.3) is 0 Å². The molecular formula is C8H17O4P. The first kappa shape index (κ1) is 12.8. The zero-order valence-electron chi connectivity index (χ0n) is 8.57. The molecule has 0 saturated heterocycles. The van der Waals surface area contributed by atoms with Crippen LogP contribution in [0.1, 0.15) is 20.3 Å². The van der Waals surface area contributed by atoms with E-state index in [4.69, 9.17) is 0 Å². The molecule has 0 radical (unpaired) electrons. The van der Waals surface area contributed by atoms with Gasteiger partial charge in [-0.25, -0.2) is 0 Å². The van der Waals surface area contributed by atoms with Gasteiger partial charge in [-0.2, -0.15) is 0 Å². The first-order valence-corrected chi connectivity index (χ1v) is 5.95. The summed E-state index contributed by atoms with van der Waals surface area (Å²) in [4.78, 5) is 11.4. The molecule has 0 bridgehead atoms. The summed E-state index contributed by atoms with van der Waals surface area (Å²) in [5.74, 6) is -0.159. The molecule has 5 heteroatoms. The number of hydrogen-bond acceptors (Lipinski definition) is 4. The predicted octanol–water partition coefficient (Wildman–Crippen LogP) is 2.09. The first-order chi connectivity index (χ1) is 5.99. The molecule has 0 aliphatic rings. The highest BCUT2D eigenvalue weighted by Gasteiger charge is 2.27. The summed E-state index contributed by atoms with van der Waals surface area (Å²) in [6.45, 7) is 3.71. The minimum absolute atomic E-state index is 0.0745. The maximum atomic E-state index is 11.5. The normalized spacial score (nSPS) is 14.2. The molecule has 0 N–H and O–H groups in total. The van der Waals surface area contributed by atoms with Gasteiger partial charge in [0.25, 0.3) is 0 Å². The molecule has 1 atom stereocenters. The second kappa shape index (κ2) is 5.53. The van der Waals surface area contributed by atoms with Gasteiger partial charge in [-0.05, 0) is 6.42 Å². The van der Waals surface area contributed by atoms with Crippen molar-refractivity contribution in [2.75, 3.05) is 20.4 Å². The quantitative estimate of drug-likeness (QED) is 0.627. The van der Waals surface area contributed by atoms with Crippen LogP contribution in [0.15, 0.2) is 0 Å². The lowest BCUT2D eigenvalue weighted by molar-refractivity contribution is -0.120.